The van der Waals surface area contributed by atoms with E-state index in [1.165, 1.54) is 0 Å². The lowest BCUT2D eigenvalue weighted by molar-refractivity contribution is 0.197. The van der Waals surface area contributed by atoms with Crippen molar-refractivity contribution in [2.75, 3.05) is 13.2 Å². The van der Waals surface area contributed by atoms with E-state index in [1.54, 1.807) is 0 Å². The maximum absolute atomic E-state index is 12.9. The van der Waals surface area contributed by atoms with Crippen LogP contribution in [-0.4, -0.2) is 33.0 Å². The Morgan fingerprint density at radius 2 is 1.05 bits per heavy atom. The maximum atomic E-state index is 12.9. The van der Waals surface area contributed by atoms with Crippen LogP contribution in [-0.2, 0) is 41.5 Å². The molecular weight excluding hydrogens is 578 g/mol. The highest BCUT2D eigenvalue weighted by Crippen LogP contribution is 2.59. The molecule has 0 aliphatic carbocycles. The van der Waals surface area contributed by atoms with Gasteiger partial charge in [0.25, 0.3) is 0 Å². The lowest BCUT2D eigenvalue weighted by atomic mass is 9.76. The van der Waals surface area contributed by atoms with Crippen molar-refractivity contribution in [2.24, 2.45) is 0 Å². The van der Waals surface area contributed by atoms with Crippen molar-refractivity contribution in [3.63, 3.8) is 0 Å². The van der Waals surface area contributed by atoms with E-state index in [-0.39, 0.29) is 41.6 Å². The lowest BCUT2D eigenvalue weighted by Gasteiger charge is -2.31. The minimum atomic E-state index is -5.35. The Morgan fingerprint density at radius 3 is 1.40 bits per heavy atom. The summed E-state index contributed by atoms with van der Waals surface area (Å²) >= 11 is 0. The number of aliphatic hydroxyl groups is 1. The molecule has 0 saturated heterocycles. The zero-order valence-corrected chi connectivity index (χ0v) is 28.9. The summed E-state index contributed by atoms with van der Waals surface area (Å²) in [6.07, 6.45) is 0.200. The molecule has 0 spiro atoms. The Balaban J connectivity index is 3.03. The van der Waals surface area contributed by atoms with Crippen molar-refractivity contribution < 1.29 is 42.5 Å². The smallest absolute Gasteiger partial charge is 0.491 e. The Bertz CT molecular complexity index is 1370. The summed E-state index contributed by atoms with van der Waals surface area (Å²) < 4.78 is 40.3. The summed E-state index contributed by atoms with van der Waals surface area (Å²) in [4.78, 5) is 29.0. The van der Waals surface area contributed by atoms with Gasteiger partial charge >= 0.3 is 15.6 Å². The third kappa shape index (κ3) is 9.92. The second kappa shape index (κ2) is 12.4. The van der Waals surface area contributed by atoms with Crippen LogP contribution >= 0.6 is 15.6 Å². The van der Waals surface area contributed by atoms with Gasteiger partial charge in [0.15, 0.2) is 0 Å². The van der Waals surface area contributed by atoms with Gasteiger partial charge in [0.2, 0.25) is 0 Å². The third-order valence-corrected chi connectivity index (χ3v) is 8.90. The number of benzene rings is 2. The molecule has 0 aliphatic heterocycles. The van der Waals surface area contributed by atoms with Crippen LogP contribution in [0.15, 0.2) is 24.3 Å². The second-order valence-corrected chi connectivity index (χ2v) is 17.7. The largest absolute Gasteiger partial charge is 0.536 e. The summed E-state index contributed by atoms with van der Waals surface area (Å²) in [6, 6.07) is 7.94. The van der Waals surface area contributed by atoms with E-state index in [1.807, 2.05) is 39.0 Å². The number of rotatable bonds is 9. The first-order chi connectivity index (χ1) is 18.7. The maximum Gasteiger partial charge on any atom is 0.536 e. The zero-order chi connectivity index (χ0) is 32.7. The van der Waals surface area contributed by atoms with Crippen LogP contribution in [0, 0.1) is 0 Å². The monoisotopic (exact) mass is 628 g/mol. The van der Waals surface area contributed by atoms with E-state index in [2.05, 4.69) is 72.7 Å². The van der Waals surface area contributed by atoms with Gasteiger partial charge in [-0.3, -0.25) is 4.89 Å². The van der Waals surface area contributed by atoms with Gasteiger partial charge in [-0.1, -0.05) is 107 Å². The van der Waals surface area contributed by atoms with Gasteiger partial charge in [0, 0.05) is 17.5 Å². The van der Waals surface area contributed by atoms with Gasteiger partial charge in [-0.15, -0.1) is 0 Å². The van der Waals surface area contributed by atoms with Crippen LogP contribution in [0.3, 0.4) is 0 Å². The van der Waals surface area contributed by atoms with E-state index in [0.29, 0.717) is 16.9 Å². The Morgan fingerprint density at radius 1 is 0.643 bits per heavy atom. The van der Waals surface area contributed by atoms with Gasteiger partial charge in [-0.2, -0.15) is 4.31 Å². The zero-order valence-electron chi connectivity index (χ0n) is 27.2. The highest BCUT2D eigenvalue weighted by atomic mass is 31.3. The van der Waals surface area contributed by atoms with Crippen molar-refractivity contribution >= 4 is 15.6 Å². The molecule has 11 heteroatoms. The highest BCUT2D eigenvalue weighted by molar-refractivity contribution is 7.60. The third-order valence-electron chi connectivity index (χ3n) is 6.81. The summed E-state index contributed by atoms with van der Waals surface area (Å²) in [5, 5.41) is 9.62. The molecule has 2 aromatic carbocycles. The SMILES string of the molecule is CC(C)(C)c1cc(Cc2cc(C(C)(C)C)cc(C(C)(C)C)c2OP(=O)(O)OP(=O)(O)O)c(OCCO)c(C(C)(C)C)c1. The second-order valence-electron chi connectivity index (χ2n) is 14.9. The molecule has 0 heterocycles. The first-order valence-electron chi connectivity index (χ1n) is 14.0. The fourth-order valence-electron chi connectivity index (χ4n) is 4.52. The van der Waals surface area contributed by atoms with Crippen LogP contribution in [0.1, 0.15) is 116 Å². The molecule has 0 aliphatic rings. The normalized spacial score (nSPS) is 15.0. The van der Waals surface area contributed by atoms with Gasteiger partial charge in [-0.25, -0.2) is 9.13 Å². The summed E-state index contributed by atoms with van der Waals surface area (Å²) in [6.45, 7) is 24.4. The molecule has 0 bridgehead atoms. The van der Waals surface area contributed by atoms with E-state index in [0.717, 1.165) is 22.3 Å². The van der Waals surface area contributed by atoms with Crippen LogP contribution in [0.5, 0.6) is 11.5 Å². The molecule has 0 amide bonds. The predicted molar refractivity (Wildman–Crippen MR) is 167 cm³/mol. The van der Waals surface area contributed by atoms with Crippen molar-refractivity contribution in [2.45, 2.75) is 111 Å². The number of phosphoric acid groups is 2. The molecule has 2 rings (SSSR count). The number of phosphoric ester groups is 1. The number of aliphatic hydroxyl groups excluding tert-OH is 1. The molecule has 2 aromatic rings. The Hall–Kier alpha value is -1.70. The standard InChI is InChI=1S/C31H50O9P2/c1-28(2,3)22-16-20(26(38-14-13-32)24(18-22)30(7,8)9)15-21-17-23(29(4,5)6)19-25(31(10,11)12)27(21)39-42(36,37)40-41(33,34)35/h16-19,32H,13-15H2,1-12H3,(H,36,37)(H2,33,34,35). The van der Waals surface area contributed by atoms with E-state index in [9.17, 15) is 28.9 Å². The van der Waals surface area contributed by atoms with Gasteiger partial charge in [0.05, 0.1) is 6.61 Å². The number of hydrogen-bond acceptors (Lipinski definition) is 6. The van der Waals surface area contributed by atoms with Crippen LogP contribution in [0.25, 0.3) is 0 Å². The molecule has 0 aromatic heterocycles. The minimum Gasteiger partial charge on any atom is -0.491 e. The molecule has 1 atom stereocenters. The molecule has 0 fully saturated rings. The Kier molecular flexibility index (Phi) is 10.7. The predicted octanol–water partition coefficient (Wildman–Crippen LogP) is 7.43. The van der Waals surface area contributed by atoms with Crippen molar-refractivity contribution in [3.05, 3.63) is 57.6 Å². The van der Waals surface area contributed by atoms with Gasteiger partial charge < -0.3 is 24.2 Å². The quantitative estimate of drug-likeness (QED) is 0.209. The van der Waals surface area contributed by atoms with Crippen molar-refractivity contribution in [3.8, 4) is 11.5 Å². The molecule has 238 valence electrons. The molecule has 0 saturated carbocycles. The minimum absolute atomic E-state index is 0.0151. The van der Waals surface area contributed by atoms with Crippen molar-refractivity contribution in [1.29, 1.82) is 0 Å². The van der Waals surface area contributed by atoms with E-state index < -0.39 is 21.1 Å². The van der Waals surface area contributed by atoms with Gasteiger partial charge in [-0.05, 0) is 43.9 Å². The molecule has 0 radical (unpaired) electrons. The molecular formula is C31H50O9P2. The average Bonchev–Trinajstić information content (AvgIpc) is 2.73. The van der Waals surface area contributed by atoms with Crippen LogP contribution < -0.4 is 9.26 Å². The lowest BCUT2D eigenvalue weighted by Crippen LogP contribution is -2.21. The summed E-state index contributed by atoms with van der Waals surface area (Å²) in [5.74, 6) is 0.619. The molecule has 1 unspecified atom stereocenters. The topological polar surface area (TPSA) is 143 Å². The summed E-state index contributed by atoms with van der Waals surface area (Å²) in [5.41, 5.74) is 3.40. The van der Waals surface area contributed by atoms with Crippen LogP contribution in [0.2, 0.25) is 0 Å². The molecule has 9 nitrogen and oxygen atoms in total. The number of ether oxygens (including phenoxy) is 1. The van der Waals surface area contributed by atoms with Crippen molar-refractivity contribution in [1.82, 2.24) is 0 Å². The van der Waals surface area contributed by atoms with E-state index >= 15 is 0 Å². The summed E-state index contributed by atoms with van der Waals surface area (Å²) in [7, 11) is -10.6. The first kappa shape index (κ1) is 36.5. The van der Waals surface area contributed by atoms with Gasteiger partial charge in [0.1, 0.15) is 18.1 Å². The first-order valence-corrected chi connectivity index (χ1v) is 17.1. The molecule has 42 heavy (non-hydrogen) atoms. The van der Waals surface area contributed by atoms with E-state index in [4.69, 9.17) is 9.26 Å². The Labute approximate surface area is 251 Å². The highest BCUT2D eigenvalue weighted by Gasteiger charge is 2.37. The number of hydrogen-bond donors (Lipinski definition) is 4. The average molecular weight is 629 g/mol. The fourth-order valence-corrected chi connectivity index (χ4v) is 6.17. The van der Waals surface area contributed by atoms with Crippen LogP contribution in [0.4, 0.5) is 0 Å². The molecule has 4 N–H and O–H groups in total. The fraction of sp³-hybridized carbons (Fsp3) is 0.613.